The monoisotopic (exact) mass is 415 g/mol. The number of benzene rings is 1. The Morgan fingerprint density at radius 1 is 1.17 bits per heavy atom. The van der Waals surface area contributed by atoms with Crippen LogP contribution in [0.3, 0.4) is 0 Å². The molecule has 1 aromatic rings. The van der Waals surface area contributed by atoms with E-state index >= 15 is 0 Å². The average molecular weight is 416 g/mol. The van der Waals surface area contributed by atoms with E-state index in [1.54, 1.807) is 13.8 Å². The highest BCUT2D eigenvalue weighted by atomic mass is 16.5. The number of carbonyl (C=O) groups excluding carboxylic acids is 1. The predicted molar refractivity (Wildman–Crippen MR) is 118 cm³/mol. The third kappa shape index (κ3) is 5.11. The first-order chi connectivity index (χ1) is 14.0. The molecular weight excluding hydrogens is 382 g/mol. The van der Waals surface area contributed by atoms with Gasteiger partial charge in [0.15, 0.2) is 5.78 Å². The number of nitrogens with zero attached hydrogens (tertiary/aromatic N) is 1. The lowest BCUT2D eigenvalue weighted by molar-refractivity contribution is -0.129. The molecule has 0 bridgehead atoms. The normalized spacial score (nSPS) is 19.8. The number of rotatable bonds is 7. The van der Waals surface area contributed by atoms with Crippen LogP contribution in [0.2, 0.25) is 0 Å². The Balaban J connectivity index is 2.05. The average Bonchev–Trinajstić information content (AvgIpc) is 2.96. The number of allylic oxidation sites excluding steroid dienone is 3. The highest BCUT2D eigenvalue weighted by molar-refractivity contribution is 5.89. The largest absolute Gasteiger partial charge is 0.507 e. The molecule has 6 nitrogen and oxygen atoms in total. The Kier molecular flexibility index (Phi) is 7.48. The van der Waals surface area contributed by atoms with Gasteiger partial charge in [0.2, 0.25) is 0 Å². The second-order valence-corrected chi connectivity index (χ2v) is 8.57. The third-order valence-corrected chi connectivity index (χ3v) is 5.98. The zero-order valence-corrected chi connectivity index (χ0v) is 18.7. The van der Waals surface area contributed by atoms with Crippen LogP contribution < -0.4 is 0 Å². The smallest absolute Gasteiger partial charge is 0.167 e. The molecule has 0 radical (unpaired) electrons. The summed E-state index contributed by atoms with van der Waals surface area (Å²) in [4.78, 5) is 12.0. The van der Waals surface area contributed by atoms with E-state index in [4.69, 9.17) is 9.94 Å². The quantitative estimate of drug-likeness (QED) is 0.255. The van der Waals surface area contributed by atoms with Crippen LogP contribution in [-0.2, 0) is 16.0 Å². The number of hydrogen-bond donors (Lipinski definition) is 3. The molecule has 1 heterocycles. The second-order valence-electron chi connectivity index (χ2n) is 8.57. The van der Waals surface area contributed by atoms with Gasteiger partial charge >= 0.3 is 0 Å². The molecule has 0 aromatic heterocycles. The maximum Gasteiger partial charge on any atom is 0.167 e. The first kappa shape index (κ1) is 23.7. The molecule has 1 aliphatic rings. The maximum absolute atomic E-state index is 12.0. The SMILES string of the molecule is C/C(=C\Cc1c(O)c(C)c(C)c(/C=N/O)c1O)CC/C=C(\C)C1CC(=O)C(C)(C)O1. The number of hydrogen-bond acceptors (Lipinski definition) is 6. The van der Waals surface area contributed by atoms with Crippen molar-refractivity contribution >= 4 is 12.0 Å². The molecule has 3 N–H and O–H groups in total. The van der Waals surface area contributed by atoms with E-state index in [9.17, 15) is 15.0 Å². The van der Waals surface area contributed by atoms with Crippen LogP contribution in [0, 0.1) is 13.8 Å². The van der Waals surface area contributed by atoms with E-state index in [1.807, 2.05) is 33.8 Å². The molecule has 1 unspecified atom stereocenters. The van der Waals surface area contributed by atoms with Gasteiger partial charge in [-0.15, -0.1) is 0 Å². The second kappa shape index (κ2) is 9.47. The summed E-state index contributed by atoms with van der Waals surface area (Å²) in [6.45, 7) is 11.1. The fourth-order valence-electron chi connectivity index (χ4n) is 3.64. The van der Waals surface area contributed by atoms with Gasteiger partial charge in [0.05, 0.1) is 12.3 Å². The molecule has 1 aromatic carbocycles. The van der Waals surface area contributed by atoms with Crippen molar-refractivity contribution in [2.45, 2.75) is 78.9 Å². The van der Waals surface area contributed by atoms with Gasteiger partial charge in [-0.2, -0.15) is 0 Å². The van der Waals surface area contributed by atoms with Crippen molar-refractivity contribution in [2.24, 2.45) is 5.16 Å². The number of Topliss-reactive ketones (excluding diaryl/α,β-unsaturated/α-hetero) is 1. The Labute approximate surface area is 178 Å². The minimum atomic E-state index is -0.703. The van der Waals surface area contributed by atoms with E-state index in [2.05, 4.69) is 11.2 Å². The molecule has 1 aliphatic heterocycles. The van der Waals surface area contributed by atoms with Crippen LogP contribution in [0.25, 0.3) is 0 Å². The molecule has 0 aliphatic carbocycles. The van der Waals surface area contributed by atoms with Crippen LogP contribution in [-0.4, -0.2) is 39.1 Å². The van der Waals surface area contributed by atoms with Gasteiger partial charge in [-0.1, -0.05) is 22.9 Å². The lowest BCUT2D eigenvalue weighted by Crippen LogP contribution is -2.27. The van der Waals surface area contributed by atoms with Crippen LogP contribution in [0.15, 0.2) is 28.5 Å². The van der Waals surface area contributed by atoms with Crippen LogP contribution in [0.1, 0.15) is 69.2 Å². The first-order valence-corrected chi connectivity index (χ1v) is 10.2. The Morgan fingerprint density at radius 2 is 1.83 bits per heavy atom. The first-order valence-electron chi connectivity index (χ1n) is 10.2. The maximum atomic E-state index is 12.0. The van der Waals surface area contributed by atoms with Gasteiger partial charge in [0, 0.05) is 17.5 Å². The number of aromatic hydroxyl groups is 2. The number of ether oxygens (including phenoxy) is 1. The number of ketones is 1. The fraction of sp³-hybridized carbons (Fsp3) is 0.500. The van der Waals surface area contributed by atoms with E-state index in [1.165, 1.54) is 6.21 Å². The van der Waals surface area contributed by atoms with Crippen molar-refractivity contribution in [3.63, 3.8) is 0 Å². The van der Waals surface area contributed by atoms with Crippen molar-refractivity contribution in [2.75, 3.05) is 0 Å². The third-order valence-electron chi connectivity index (χ3n) is 5.98. The Hall–Kier alpha value is -2.60. The van der Waals surface area contributed by atoms with Gasteiger partial charge < -0.3 is 20.2 Å². The number of phenolic OH excluding ortho intramolecular Hbond substituents is 2. The van der Waals surface area contributed by atoms with E-state index in [-0.39, 0.29) is 23.4 Å². The van der Waals surface area contributed by atoms with Gasteiger partial charge in [-0.25, -0.2) is 0 Å². The summed E-state index contributed by atoms with van der Waals surface area (Å²) in [5, 5.41) is 32.8. The molecule has 0 saturated carbocycles. The summed E-state index contributed by atoms with van der Waals surface area (Å²) in [5.41, 5.74) is 3.63. The molecule has 2 rings (SSSR count). The van der Waals surface area contributed by atoms with Gasteiger partial charge in [-0.3, -0.25) is 4.79 Å². The summed E-state index contributed by atoms with van der Waals surface area (Å²) in [7, 11) is 0. The van der Waals surface area contributed by atoms with Crippen molar-refractivity contribution < 1.29 is 25.0 Å². The zero-order chi connectivity index (χ0) is 22.6. The summed E-state index contributed by atoms with van der Waals surface area (Å²) in [5.74, 6) is 0.124. The molecule has 0 spiro atoms. The molecule has 0 amide bonds. The van der Waals surface area contributed by atoms with Crippen molar-refractivity contribution in [1.82, 2.24) is 0 Å². The van der Waals surface area contributed by atoms with Crippen LogP contribution in [0.4, 0.5) is 0 Å². The van der Waals surface area contributed by atoms with Crippen LogP contribution in [0.5, 0.6) is 11.5 Å². The lowest BCUT2D eigenvalue weighted by atomic mass is 9.94. The number of carbonyl (C=O) groups is 1. The number of phenols is 2. The van der Waals surface area contributed by atoms with Crippen molar-refractivity contribution in [1.29, 1.82) is 0 Å². The van der Waals surface area contributed by atoms with E-state index in [0.717, 1.165) is 24.0 Å². The summed E-state index contributed by atoms with van der Waals surface area (Å²) in [6.07, 6.45) is 7.55. The highest BCUT2D eigenvalue weighted by Crippen LogP contribution is 2.37. The van der Waals surface area contributed by atoms with E-state index < -0.39 is 5.60 Å². The molecule has 1 saturated heterocycles. The van der Waals surface area contributed by atoms with Gasteiger partial charge in [0.25, 0.3) is 0 Å². The Bertz CT molecular complexity index is 909. The highest BCUT2D eigenvalue weighted by Gasteiger charge is 2.40. The molecule has 164 valence electrons. The minimum absolute atomic E-state index is 0.0607. The molecule has 30 heavy (non-hydrogen) atoms. The topological polar surface area (TPSA) is 99.4 Å². The zero-order valence-electron chi connectivity index (χ0n) is 18.7. The Morgan fingerprint density at radius 3 is 2.40 bits per heavy atom. The van der Waals surface area contributed by atoms with Crippen molar-refractivity contribution in [3.8, 4) is 11.5 Å². The fourth-order valence-corrected chi connectivity index (χ4v) is 3.64. The van der Waals surface area contributed by atoms with Crippen LogP contribution >= 0.6 is 0 Å². The summed E-state index contributed by atoms with van der Waals surface area (Å²) >= 11 is 0. The van der Waals surface area contributed by atoms with Crippen molar-refractivity contribution in [3.05, 3.63) is 45.6 Å². The number of oxime groups is 1. The summed E-state index contributed by atoms with van der Waals surface area (Å²) < 4.78 is 5.85. The van der Waals surface area contributed by atoms with E-state index in [0.29, 0.717) is 35.1 Å². The minimum Gasteiger partial charge on any atom is -0.507 e. The summed E-state index contributed by atoms with van der Waals surface area (Å²) in [6, 6.07) is 0. The molecule has 1 fully saturated rings. The van der Waals surface area contributed by atoms with Gasteiger partial charge in [-0.05, 0) is 77.5 Å². The standard InChI is InChI=1S/C24H33NO5/c1-14(8-7-9-15(2)20-12-21(26)24(5,6)30-20)10-11-18-22(27)17(4)16(3)19(13-25-29)23(18)28/h9-10,13,20,27-29H,7-8,11-12H2,1-6H3/b14-10+,15-9+,25-13+. The predicted octanol–water partition coefficient (Wildman–Crippen LogP) is 4.87. The molecule has 6 heteroatoms. The molecular formula is C24H33NO5. The van der Waals surface area contributed by atoms with Gasteiger partial charge in [0.1, 0.15) is 17.1 Å². The molecule has 1 atom stereocenters. The lowest BCUT2D eigenvalue weighted by Gasteiger charge is -2.18.